The van der Waals surface area contributed by atoms with Gasteiger partial charge in [-0.3, -0.25) is 4.98 Å². The fourth-order valence-corrected chi connectivity index (χ4v) is 2.14. The summed E-state index contributed by atoms with van der Waals surface area (Å²) in [6.07, 6.45) is 1.64. The van der Waals surface area contributed by atoms with E-state index in [2.05, 4.69) is 15.1 Å². The van der Waals surface area contributed by atoms with Crippen molar-refractivity contribution in [1.29, 1.82) is 0 Å². The highest BCUT2D eigenvalue weighted by molar-refractivity contribution is 6.31. The molecule has 0 atom stereocenters. The Labute approximate surface area is 130 Å². The first kappa shape index (κ1) is 14.5. The van der Waals surface area contributed by atoms with Gasteiger partial charge in [0.2, 0.25) is 5.82 Å². The lowest BCUT2D eigenvalue weighted by molar-refractivity contribution is 0.411. The average molecular weight is 320 g/mol. The summed E-state index contributed by atoms with van der Waals surface area (Å²) in [6, 6.07) is 6.48. The predicted octanol–water partition coefficient (Wildman–Crippen LogP) is 3.91. The van der Waals surface area contributed by atoms with Crippen LogP contribution >= 0.6 is 11.6 Å². The Morgan fingerprint density at radius 2 is 2.09 bits per heavy atom. The zero-order valence-electron chi connectivity index (χ0n) is 11.8. The van der Waals surface area contributed by atoms with Crippen molar-refractivity contribution >= 4 is 11.6 Å². The van der Waals surface area contributed by atoms with Crippen molar-refractivity contribution in [3.05, 3.63) is 46.9 Å². The lowest BCUT2D eigenvalue weighted by Crippen LogP contribution is -1.91. The first-order chi connectivity index (χ1) is 10.6. The third-order valence-electron chi connectivity index (χ3n) is 3.04. The van der Waals surface area contributed by atoms with Crippen molar-refractivity contribution in [2.24, 2.45) is 0 Å². The monoisotopic (exact) mass is 319 g/mol. The van der Waals surface area contributed by atoms with Crippen LogP contribution in [-0.2, 0) is 0 Å². The van der Waals surface area contributed by atoms with Crippen LogP contribution in [0.1, 0.15) is 5.56 Å². The van der Waals surface area contributed by atoms with E-state index in [1.165, 1.54) is 19.2 Å². The molecule has 2 aromatic heterocycles. The van der Waals surface area contributed by atoms with Gasteiger partial charge in [0.25, 0.3) is 5.89 Å². The van der Waals surface area contributed by atoms with Crippen molar-refractivity contribution in [1.82, 2.24) is 15.1 Å². The molecule has 3 rings (SSSR count). The van der Waals surface area contributed by atoms with E-state index >= 15 is 0 Å². The van der Waals surface area contributed by atoms with Crippen LogP contribution < -0.4 is 4.74 Å². The maximum atomic E-state index is 14.1. The number of methoxy groups -OCH3 is 1. The fourth-order valence-electron chi connectivity index (χ4n) is 1.93. The minimum atomic E-state index is -0.644. The number of rotatable bonds is 3. The molecule has 22 heavy (non-hydrogen) atoms. The smallest absolute Gasteiger partial charge is 0.261 e. The highest BCUT2D eigenvalue weighted by atomic mass is 35.5. The summed E-state index contributed by atoms with van der Waals surface area (Å²) in [5.74, 6) is 0.0401. The number of hydrogen-bond acceptors (Lipinski definition) is 5. The minimum absolute atomic E-state index is 0.0107. The highest BCUT2D eigenvalue weighted by Crippen LogP contribution is 2.32. The molecule has 0 aliphatic rings. The van der Waals surface area contributed by atoms with Gasteiger partial charge in [0.15, 0.2) is 5.82 Å². The summed E-state index contributed by atoms with van der Waals surface area (Å²) in [4.78, 5) is 8.34. The van der Waals surface area contributed by atoms with Crippen LogP contribution in [0.5, 0.6) is 5.75 Å². The van der Waals surface area contributed by atoms with E-state index in [0.717, 1.165) is 5.56 Å². The molecular weight excluding hydrogens is 309 g/mol. The topological polar surface area (TPSA) is 61.0 Å². The van der Waals surface area contributed by atoms with Crippen LogP contribution in [0, 0.1) is 12.7 Å². The predicted molar refractivity (Wildman–Crippen MR) is 79.2 cm³/mol. The maximum absolute atomic E-state index is 14.1. The lowest BCUT2D eigenvalue weighted by atomic mass is 10.2. The van der Waals surface area contributed by atoms with Crippen LogP contribution in [-0.4, -0.2) is 22.2 Å². The van der Waals surface area contributed by atoms with Gasteiger partial charge in [0.05, 0.1) is 17.7 Å². The number of aryl methyl sites for hydroxylation is 1. The van der Waals surface area contributed by atoms with Gasteiger partial charge in [-0.2, -0.15) is 4.98 Å². The quantitative estimate of drug-likeness (QED) is 0.732. The molecule has 0 radical (unpaired) electrons. The molecule has 1 aromatic carbocycles. The van der Waals surface area contributed by atoms with Gasteiger partial charge >= 0.3 is 0 Å². The highest BCUT2D eigenvalue weighted by Gasteiger charge is 2.18. The Morgan fingerprint density at radius 1 is 1.27 bits per heavy atom. The third kappa shape index (κ3) is 2.65. The molecule has 0 N–H and O–H groups in total. The first-order valence-electron chi connectivity index (χ1n) is 6.38. The zero-order chi connectivity index (χ0) is 15.7. The lowest BCUT2D eigenvalue weighted by Gasteiger charge is -2.04. The number of hydrogen-bond donors (Lipinski definition) is 0. The molecule has 0 aliphatic carbocycles. The van der Waals surface area contributed by atoms with Gasteiger partial charge in [-0.1, -0.05) is 16.8 Å². The molecule has 0 bridgehead atoms. The van der Waals surface area contributed by atoms with Gasteiger partial charge in [0, 0.05) is 12.3 Å². The molecular formula is C15H11ClFN3O2. The summed E-state index contributed by atoms with van der Waals surface area (Å²) in [6.45, 7) is 1.92. The van der Waals surface area contributed by atoms with E-state index in [-0.39, 0.29) is 22.3 Å². The third-order valence-corrected chi connectivity index (χ3v) is 3.31. The molecule has 2 heterocycles. The number of benzene rings is 1. The van der Waals surface area contributed by atoms with Gasteiger partial charge in [-0.05, 0) is 30.7 Å². The number of pyridine rings is 1. The molecule has 0 fully saturated rings. The van der Waals surface area contributed by atoms with E-state index in [0.29, 0.717) is 11.4 Å². The summed E-state index contributed by atoms with van der Waals surface area (Å²) in [7, 11) is 1.46. The molecule has 7 heteroatoms. The fraction of sp³-hybridized carbons (Fsp3) is 0.133. The summed E-state index contributed by atoms with van der Waals surface area (Å²) < 4.78 is 24.3. The van der Waals surface area contributed by atoms with Gasteiger partial charge in [-0.15, -0.1) is 0 Å². The van der Waals surface area contributed by atoms with Crippen molar-refractivity contribution in [3.8, 4) is 28.7 Å². The van der Waals surface area contributed by atoms with E-state index in [1.54, 1.807) is 6.20 Å². The van der Waals surface area contributed by atoms with E-state index in [4.69, 9.17) is 20.9 Å². The normalized spacial score (nSPS) is 10.7. The Bertz CT molecular complexity index is 835. The van der Waals surface area contributed by atoms with E-state index in [1.807, 2.05) is 19.1 Å². The van der Waals surface area contributed by atoms with Gasteiger partial charge < -0.3 is 9.26 Å². The SMILES string of the molecule is COc1cc(Cl)c(F)c(-c2nc(-c3cc(C)ccn3)no2)c1. The van der Waals surface area contributed by atoms with Crippen molar-refractivity contribution in [3.63, 3.8) is 0 Å². The Hall–Kier alpha value is -2.47. The van der Waals surface area contributed by atoms with Crippen LogP contribution in [0.15, 0.2) is 35.0 Å². The maximum Gasteiger partial charge on any atom is 0.261 e. The number of ether oxygens (including phenoxy) is 1. The zero-order valence-corrected chi connectivity index (χ0v) is 12.6. The largest absolute Gasteiger partial charge is 0.497 e. The molecule has 3 aromatic rings. The first-order valence-corrected chi connectivity index (χ1v) is 6.76. The van der Waals surface area contributed by atoms with E-state index < -0.39 is 5.82 Å². The van der Waals surface area contributed by atoms with E-state index in [9.17, 15) is 4.39 Å². The number of halogens is 2. The average Bonchev–Trinajstić information content (AvgIpc) is 2.99. The standard InChI is InChI=1S/C15H11ClFN3O2/c1-8-3-4-18-12(5-8)14-19-15(22-20-14)10-6-9(21-2)7-11(16)13(10)17/h3-7H,1-2H3. The Kier molecular flexibility index (Phi) is 3.77. The minimum Gasteiger partial charge on any atom is -0.497 e. The molecule has 0 saturated carbocycles. The second kappa shape index (κ2) is 5.73. The molecule has 0 unspecified atom stereocenters. The molecule has 0 saturated heterocycles. The van der Waals surface area contributed by atoms with Gasteiger partial charge in [0.1, 0.15) is 11.4 Å². The number of aromatic nitrogens is 3. The molecule has 0 aliphatic heterocycles. The van der Waals surface area contributed by atoms with Crippen LogP contribution in [0.25, 0.3) is 23.0 Å². The Morgan fingerprint density at radius 3 is 2.82 bits per heavy atom. The second-order valence-corrected chi connectivity index (χ2v) is 5.02. The van der Waals surface area contributed by atoms with Crippen LogP contribution in [0.2, 0.25) is 5.02 Å². The molecule has 5 nitrogen and oxygen atoms in total. The second-order valence-electron chi connectivity index (χ2n) is 4.61. The van der Waals surface area contributed by atoms with Gasteiger partial charge in [-0.25, -0.2) is 4.39 Å². The Balaban J connectivity index is 2.06. The summed E-state index contributed by atoms with van der Waals surface area (Å²) in [5.41, 5.74) is 1.63. The van der Waals surface area contributed by atoms with Crippen LogP contribution in [0.3, 0.4) is 0 Å². The van der Waals surface area contributed by atoms with Crippen molar-refractivity contribution < 1.29 is 13.7 Å². The molecule has 112 valence electrons. The molecule has 0 spiro atoms. The summed E-state index contributed by atoms with van der Waals surface area (Å²) in [5, 5.41) is 3.75. The van der Waals surface area contributed by atoms with Crippen molar-refractivity contribution in [2.75, 3.05) is 7.11 Å². The summed E-state index contributed by atoms with van der Waals surface area (Å²) >= 11 is 5.84. The number of nitrogens with zero attached hydrogens (tertiary/aromatic N) is 3. The van der Waals surface area contributed by atoms with Crippen LogP contribution in [0.4, 0.5) is 4.39 Å². The van der Waals surface area contributed by atoms with Crippen molar-refractivity contribution in [2.45, 2.75) is 6.92 Å². The molecule has 0 amide bonds.